The molecule has 0 unspecified atom stereocenters. The second-order valence-electron chi connectivity index (χ2n) is 7.84. The predicted octanol–water partition coefficient (Wildman–Crippen LogP) is 3.90. The van der Waals surface area contributed by atoms with Gasteiger partial charge >= 0.3 is 0 Å². The first-order valence-corrected chi connectivity index (χ1v) is 11.5. The number of carbonyl (C=O) groups excluding carboxylic acids is 2. The van der Waals surface area contributed by atoms with E-state index >= 15 is 0 Å². The molecule has 1 aliphatic heterocycles. The second-order valence-corrected chi connectivity index (χ2v) is 8.68. The number of hydrogen-bond acceptors (Lipinski definition) is 5. The zero-order chi connectivity index (χ0) is 23.1. The van der Waals surface area contributed by atoms with Gasteiger partial charge in [0.1, 0.15) is 5.82 Å². The van der Waals surface area contributed by atoms with E-state index in [4.69, 9.17) is 27.9 Å². The highest BCUT2D eigenvalue weighted by atomic mass is 35.5. The number of piperazine rings is 1. The summed E-state index contributed by atoms with van der Waals surface area (Å²) in [5.41, 5.74) is 0.930. The smallest absolute Gasteiger partial charge is 0.255 e. The molecule has 2 amide bonds. The molecule has 0 atom stereocenters. The van der Waals surface area contributed by atoms with Crippen LogP contribution in [0, 0.1) is 0 Å². The van der Waals surface area contributed by atoms with Gasteiger partial charge in [0, 0.05) is 50.6 Å². The van der Waals surface area contributed by atoms with Crippen LogP contribution < -0.4 is 10.2 Å². The lowest BCUT2D eigenvalue weighted by molar-refractivity contribution is 0.0743. The van der Waals surface area contributed by atoms with Crippen molar-refractivity contribution in [3.63, 3.8) is 0 Å². The van der Waals surface area contributed by atoms with Crippen LogP contribution in [0.1, 0.15) is 41.0 Å². The van der Waals surface area contributed by atoms with Crippen molar-refractivity contribution in [2.24, 2.45) is 0 Å². The van der Waals surface area contributed by atoms with Gasteiger partial charge in [0.2, 0.25) is 0 Å². The van der Waals surface area contributed by atoms with E-state index in [0.29, 0.717) is 60.5 Å². The van der Waals surface area contributed by atoms with Crippen LogP contribution in [0.5, 0.6) is 0 Å². The van der Waals surface area contributed by atoms with Crippen molar-refractivity contribution >= 4 is 40.8 Å². The maximum absolute atomic E-state index is 12.8. The van der Waals surface area contributed by atoms with Crippen molar-refractivity contribution in [2.75, 3.05) is 44.2 Å². The van der Waals surface area contributed by atoms with Gasteiger partial charge < -0.3 is 19.9 Å². The summed E-state index contributed by atoms with van der Waals surface area (Å²) in [7, 11) is 0. The molecule has 1 N–H and O–H groups in total. The van der Waals surface area contributed by atoms with E-state index in [9.17, 15) is 9.59 Å². The second kappa shape index (κ2) is 11.5. The topological polar surface area (TPSA) is 74.8 Å². The van der Waals surface area contributed by atoms with Crippen molar-refractivity contribution in [3.8, 4) is 0 Å². The number of rotatable bonds is 8. The van der Waals surface area contributed by atoms with Crippen molar-refractivity contribution in [1.29, 1.82) is 0 Å². The van der Waals surface area contributed by atoms with Crippen molar-refractivity contribution in [3.05, 3.63) is 57.7 Å². The minimum atomic E-state index is -0.151. The number of pyridine rings is 1. The highest BCUT2D eigenvalue weighted by molar-refractivity contribution is 6.35. The van der Waals surface area contributed by atoms with E-state index in [1.165, 1.54) is 0 Å². The Morgan fingerprint density at radius 1 is 1.12 bits per heavy atom. The number of nitrogens with one attached hydrogen (secondary N) is 1. The highest BCUT2D eigenvalue weighted by Gasteiger charge is 2.24. The van der Waals surface area contributed by atoms with Crippen molar-refractivity contribution < 1.29 is 14.3 Å². The summed E-state index contributed by atoms with van der Waals surface area (Å²) in [5, 5.41) is 3.75. The average Bonchev–Trinajstić information content (AvgIpc) is 2.80. The van der Waals surface area contributed by atoms with Gasteiger partial charge in [-0.05, 0) is 50.6 Å². The van der Waals surface area contributed by atoms with Gasteiger partial charge in [0.15, 0.2) is 0 Å². The normalized spacial score (nSPS) is 14.0. The average molecular weight is 479 g/mol. The lowest BCUT2D eigenvalue weighted by atomic mass is 10.1. The third kappa shape index (κ3) is 6.58. The summed E-state index contributed by atoms with van der Waals surface area (Å²) < 4.78 is 5.46. The van der Waals surface area contributed by atoms with E-state index in [2.05, 4.69) is 15.2 Å². The Morgan fingerprint density at radius 3 is 2.53 bits per heavy atom. The largest absolute Gasteiger partial charge is 0.379 e. The lowest BCUT2D eigenvalue weighted by Crippen LogP contribution is -2.49. The van der Waals surface area contributed by atoms with Crippen LogP contribution in [0.25, 0.3) is 0 Å². The quantitative estimate of drug-likeness (QED) is 0.582. The first-order chi connectivity index (χ1) is 15.3. The maximum Gasteiger partial charge on any atom is 0.255 e. The molecular formula is C23H28Cl2N4O3. The molecule has 32 heavy (non-hydrogen) atoms. The number of ether oxygens (including phenoxy) is 1. The van der Waals surface area contributed by atoms with E-state index < -0.39 is 0 Å². The fraction of sp³-hybridized carbons (Fsp3) is 0.435. The molecule has 1 fully saturated rings. The van der Waals surface area contributed by atoms with E-state index in [-0.39, 0.29) is 17.9 Å². The Kier molecular flexibility index (Phi) is 8.73. The van der Waals surface area contributed by atoms with Crippen LogP contribution in [0.3, 0.4) is 0 Å². The van der Waals surface area contributed by atoms with Crippen LogP contribution in [0.4, 0.5) is 5.82 Å². The van der Waals surface area contributed by atoms with E-state index in [1.807, 2.05) is 19.9 Å². The zero-order valence-electron chi connectivity index (χ0n) is 18.3. The minimum absolute atomic E-state index is 0.129. The Bertz CT molecular complexity index is 929. The molecule has 7 nitrogen and oxygen atoms in total. The Hall–Kier alpha value is -2.35. The summed E-state index contributed by atoms with van der Waals surface area (Å²) in [5.74, 6) is 0.498. The lowest BCUT2D eigenvalue weighted by Gasteiger charge is -2.35. The summed E-state index contributed by atoms with van der Waals surface area (Å²) in [6.07, 6.45) is 2.54. The first kappa shape index (κ1) is 24.3. The molecule has 0 bridgehead atoms. The highest BCUT2D eigenvalue weighted by Crippen LogP contribution is 2.23. The minimum Gasteiger partial charge on any atom is -0.379 e. The third-order valence-electron chi connectivity index (χ3n) is 5.12. The number of carbonyl (C=O) groups is 2. The maximum atomic E-state index is 12.8. The Labute approximate surface area is 198 Å². The van der Waals surface area contributed by atoms with E-state index in [0.717, 1.165) is 12.2 Å². The van der Waals surface area contributed by atoms with Gasteiger partial charge in [-0.2, -0.15) is 0 Å². The monoisotopic (exact) mass is 478 g/mol. The molecule has 0 radical (unpaired) electrons. The molecule has 1 aromatic heterocycles. The van der Waals surface area contributed by atoms with Crippen LogP contribution >= 0.6 is 23.2 Å². The van der Waals surface area contributed by atoms with Gasteiger partial charge in [-0.1, -0.05) is 23.2 Å². The summed E-state index contributed by atoms with van der Waals surface area (Å²) in [4.78, 5) is 33.4. The fourth-order valence-corrected chi connectivity index (χ4v) is 3.74. The summed E-state index contributed by atoms with van der Waals surface area (Å²) in [6.45, 7) is 7.51. The summed E-state index contributed by atoms with van der Waals surface area (Å²) in [6, 6.07) is 8.50. The van der Waals surface area contributed by atoms with Crippen LogP contribution in [0.2, 0.25) is 10.0 Å². The number of hydrogen-bond donors (Lipinski definition) is 1. The number of aromatic nitrogens is 1. The van der Waals surface area contributed by atoms with Crippen LogP contribution in [-0.4, -0.2) is 67.1 Å². The van der Waals surface area contributed by atoms with Gasteiger partial charge in [0.05, 0.1) is 22.3 Å². The fourth-order valence-electron chi connectivity index (χ4n) is 3.37. The molecule has 0 spiro atoms. The Balaban J connectivity index is 1.49. The van der Waals surface area contributed by atoms with Crippen LogP contribution in [-0.2, 0) is 4.74 Å². The molecule has 0 aliphatic carbocycles. The predicted molar refractivity (Wildman–Crippen MR) is 127 cm³/mol. The molecule has 1 aromatic carbocycles. The van der Waals surface area contributed by atoms with Crippen molar-refractivity contribution in [1.82, 2.24) is 15.2 Å². The van der Waals surface area contributed by atoms with Crippen LogP contribution in [0.15, 0.2) is 36.5 Å². The standard InChI is InChI=1S/C23H28Cl2N4O3/c1-16(2)32-13-3-8-26-22(30)17-4-7-21(27-15-17)28-9-11-29(12-10-28)23(31)19-14-18(24)5-6-20(19)25/h4-7,14-16H,3,8-13H2,1-2H3,(H,26,30). The van der Waals surface area contributed by atoms with Crippen molar-refractivity contribution in [2.45, 2.75) is 26.4 Å². The summed E-state index contributed by atoms with van der Waals surface area (Å²) >= 11 is 12.2. The Morgan fingerprint density at radius 2 is 1.88 bits per heavy atom. The molecule has 0 saturated carbocycles. The molecule has 9 heteroatoms. The number of halogens is 2. The first-order valence-electron chi connectivity index (χ1n) is 10.7. The SMILES string of the molecule is CC(C)OCCCNC(=O)c1ccc(N2CCN(C(=O)c3cc(Cl)ccc3Cl)CC2)nc1. The van der Waals surface area contributed by atoms with Gasteiger partial charge in [-0.25, -0.2) is 4.98 Å². The van der Waals surface area contributed by atoms with Gasteiger partial charge in [-0.15, -0.1) is 0 Å². The van der Waals surface area contributed by atoms with Gasteiger partial charge in [0.25, 0.3) is 11.8 Å². The molecule has 172 valence electrons. The molecule has 2 heterocycles. The third-order valence-corrected chi connectivity index (χ3v) is 5.68. The van der Waals surface area contributed by atoms with E-state index in [1.54, 1.807) is 35.4 Å². The number of anilines is 1. The molecule has 1 saturated heterocycles. The number of amides is 2. The number of nitrogens with zero attached hydrogens (tertiary/aromatic N) is 3. The zero-order valence-corrected chi connectivity index (χ0v) is 19.8. The number of benzene rings is 1. The van der Waals surface area contributed by atoms with Gasteiger partial charge in [-0.3, -0.25) is 9.59 Å². The molecule has 1 aliphatic rings. The molecular weight excluding hydrogens is 451 g/mol. The molecule has 3 rings (SSSR count). The molecule has 2 aromatic rings.